The standard InChI is InChI=1S/C10H12O2/c11-6-10-8-2-1-7(5-8)9(10)3-4-12-10/h1-2,6-9H,3-5H2/t7-,8+,9-,10-/m0/s1. The lowest BCUT2D eigenvalue weighted by atomic mass is 9.80. The van der Waals surface area contributed by atoms with Gasteiger partial charge in [0.1, 0.15) is 5.60 Å². The Labute approximate surface area is 71.6 Å². The van der Waals surface area contributed by atoms with Crippen molar-refractivity contribution in [3.05, 3.63) is 12.2 Å². The highest BCUT2D eigenvalue weighted by Crippen LogP contribution is 2.55. The minimum absolute atomic E-state index is 0.382. The maximum atomic E-state index is 11.0. The van der Waals surface area contributed by atoms with Crippen LogP contribution in [0.4, 0.5) is 0 Å². The third-order valence-corrected chi connectivity index (χ3v) is 3.76. The summed E-state index contributed by atoms with van der Waals surface area (Å²) in [6.45, 7) is 0.776. The van der Waals surface area contributed by atoms with Crippen molar-refractivity contribution >= 4 is 6.29 Å². The monoisotopic (exact) mass is 164 g/mol. The number of hydrogen-bond donors (Lipinski definition) is 0. The van der Waals surface area contributed by atoms with Crippen LogP contribution >= 0.6 is 0 Å². The van der Waals surface area contributed by atoms with E-state index in [4.69, 9.17) is 4.74 Å². The zero-order chi connectivity index (χ0) is 8.18. The maximum Gasteiger partial charge on any atom is 0.152 e. The van der Waals surface area contributed by atoms with Crippen LogP contribution in [0.1, 0.15) is 12.8 Å². The fourth-order valence-electron chi connectivity index (χ4n) is 3.19. The van der Waals surface area contributed by atoms with E-state index in [0.717, 1.165) is 25.7 Å². The van der Waals surface area contributed by atoms with Crippen LogP contribution < -0.4 is 0 Å². The van der Waals surface area contributed by atoms with E-state index >= 15 is 0 Å². The first kappa shape index (κ1) is 6.84. The Morgan fingerprint density at radius 3 is 3.17 bits per heavy atom. The van der Waals surface area contributed by atoms with Crippen LogP contribution in [0, 0.1) is 17.8 Å². The van der Waals surface area contributed by atoms with Gasteiger partial charge in [-0.05, 0) is 18.8 Å². The first-order chi connectivity index (χ1) is 5.87. The third-order valence-electron chi connectivity index (χ3n) is 3.76. The average Bonchev–Trinajstić information content (AvgIpc) is 2.76. The summed E-state index contributed by atoms with van der Waals surface area (Å²) >= 11 is 0. The highest BCUT2D eigenvalue weighted by molar-refractivity contribution is 5.67. The molecule has 0 radical (unpaired) electrons. The van der Waals surface area contributed by atoms with Crippen molar-refractivity contribution in [3.63, 3.8) is 0 Å². The van der Waals surface area contributed by atoms with Gasteiger partial charge < -0.3 is 9.53 Å². The zero-order valence-electron chi connectivity index (χ0n) is 6.90. The van der Waals surface area contributed by atoms with Crippen LogP contribution in [0.15, 0.2) is 12.2 Å². The lowest BCUT2D eigenvalue weighted by molar-refractivity contribution is -0.131. The Hall–Kier alpha value is -0.630. The molecule has 1 aliphatic heterocycles. The summed E-state index contributed by atoms with van der Waals surface area (Å²) in [7, 11) is 0. The molecular formula is C10H12O2. The van der Waals surface area contributed by atoms with Gasteiger partial charge in [-0.2, -0.15) is 0 Å². The van der Waals surface area contributed by atoms with Gasteiger partial charge in [-0.25, -0.2) is 0 Å². The SMILES string of the molecule is O=C[C@@]12OCC[C@H]1[C@H]1C=C[C@@H]2C1. The molecule has 64 valence electrons. The van der Waals surface area contributed by atoms with E-state index in [2.05, 4.69) is 12.2 Å². The average molecular weight is 164 g/mol. The first-order valence-corrected chi connectivity index (χ1v) is 4.65. The number of carbonyl (C=O) groups excluding carboxylic acids is 1. The molecule has 2 nitrogen and oxygen atoms in total. The Balaban J connectivity index is 2.08. The van der Waals surface area contributed by atoms with Crippen molar-refractivity contribution in [2.24, 2.45) is 17.8 Å². The number of allylic oxidation sites excluding steroid dienone is 1. The normalized spacial score (nSPS) is 54.5. The summed E-state index contributed by atoms with van der Waals surface area (Å²) < 4.78 is 5.63. The van der Waals surface area contributed by atoms with E-state index in [1.54, 1.807) is 0 Å². The van der Waals surface area contributed by atoms with Crippen molar-refractivity contribution in [1.82, 2.24) is 0 Å². The molecule has 2 heteroatoms. The number of fused-ring (bicyclic) bond motifs is 5. The second-order valence-electron chi connectivity index (χ2n) is 4.11. The second kappa shape index (κ2) is 1.99. The molecule has 1 saturated heterocycles. The van der Waals surface area contributed by atoms with Gasteiger partial charge in [0.15, 0.2) is 6.29 Å². The van der Waals surface area contributed by atoms with Gasteiger partial charge in [-0.3, -0.25) is 0 Å². The fraction of sp³-hybridized carbons (Fsp3) is 0.700. The van der Waals surface area contributed by atoms with E-state index in [1.165, 1.54) is 0 Å². The molecule has 0 unspecified atom stereocenters. The molecule has 0 spiro atoms. The molecule has 2 fully saturated rings. The van der Waals surface area contributed by atoms with Gasteiger partial charge in [0.2, 0.25) is 0 Å². The topological polar surface area (TPSA) is 26.3 Å². The molecule has 0 aromatic heterocycles. The molecule has 12 heavy (non-hydrogen) atoms. The van der Waals surface area contributed by atoms with Crippen LogP contribution in [0.2, 0.25) is 0 Å². The highest BCUT2D eigenvalue weighted by atomic mass is 16.5. The summed E-state index contributed by atoms with van der Waals surface area (Å²) in [6.07, 6.45) is 7.71. The minimum Gasteiger partial charge on any atom is -0.367 e. The van der Waals surface area contributed by atoms with Crippen LogP contribution in [0.25, 0.3) is 0 Å². The summed E-state index contributed by atoms with van der Waals surface area (Å²) in [5.74, 6) is 1.50. The molecule has 3 rings (SSSR count). The molecule has 0 aromatic carbocycles. The molecule has 0 N–H and O–H groups in total. The lowest BCUT2D eigenvalue weighted by Crippen LogP contribution is -2.40. The van der Waals surface area contributed by atoms with Crippen molar-refractivity contribution in [2.75, 3.05) is 6.61 Å². The van der Waals surface area contributed by atoms with E-state index < -0.39 is 5.60 Å². The summed E-state index contributed by atoms with van der Waals surface area (Å²) in [5.41, 5.74) is -0.403. The summed E-state index contributed by atoms with van der Waals surface area (Å²) in [5, 5.41) is 0. The summed E-state index contributed by atoms with van der Waals surface area (Å²) in [6, 6.07) is 0. The molecule has 3 aliphatic rings. The van der Waals surface area contributed by atoms with Crippen molar-refractivity contribution < 1.29 is 9.53 Å². The molecular weight excluding hydrogens is 152 g/mol. The molecule has 1 heterocycles. The maximum absolute atomic E-state index is 11.0. The van der Waals surface area contributed by atoms with Gasteiger partial charge in [0, 0.05) is 18.4 Å². The number of ether oxygens (including phenoxy) is 1. The van der Waals surface area contributed by atoms with Crippen LogP contribution in [-0.4, -0.2) is 18.5 Å². The molecule has 0 amide bonds. The number of hydrogen-bond acceptors (Lipinski definition) is 2. The second-order valence-corrected chi connectivity index (χ2v) is 4.11. The predicted molar refractivity (Wildman–Crippen MR) is 43.6 cm³/mol. The number of rotatable bonds is 1. The number of carbonyl (C=O) groups is 1. The predicted octanol–water partition coefficient (Wildman–Crippen LogP) is 1.17. The molecule has 4 atom stereocenters. The zero-order valence-corrected chi connectivity index (χ0v) is 6.90. The molecule has 2 aliphatic carbocycles. The van der Waals surface area contributed by atoms with Gasteiger partial charge in [0.05, 0.1) is 0 Å². The smallest absolute Gasteiger partial charge is 0.152 e. The number of aldehydes is 1. The van der Waals surface area contributed by atoms with Crippen molar-refractivity contribution in [2.45, 2.75) is 18.4 Å². The van der Waals surface area contributed by atoms with E-state index in [-0.39, 0.29) is 0 Å². The minimum atomic E-state index is -0.403. The Kier molecular flexibility index (Phi) is 1.14. The third kappa shape index (κ3) is 0.556. The lowest BCUT2D eigenvalue weighted by Gasteiger charge is -2.29. The Morgan fingerprint density at radius 1 is 1.50 bits per heavy atom. The fourth-order valence-corrected chi connectivity index (χ4v) is 3.19. The van der Waals surface area contributed by atoms with E-state index in [0.29, 0.717) is 17.8 Å². The molecule has 2 bridgehead atoms. The van der Waals surface area contributed by atoms with Gasteiger partial charge in [-0.1, -0.05) is 12.2 Å². The van der Waals surface area contributed by atoms with Crippen LogP contribution in [0.3, 0.4) is 0 Å². The highest BCUT2D eigenvalue weighted by Gasteiger charge is 2.59. The Morgan fingerprint density at radius 2 is 2.42 bits per heavy atom. The first-order valence-electron chi connectivity index (χ1n) is 4.65. The van der Waals surface area contributed by atoms with Crippen molar-refractivity contribution in [3.8, 4) is 0 Å². The van der Waals surface area contributed by atoms with Gasteiger partial charge in [0.25, 0.3) is 0 Å². The molecule has 0 aromatic rings. The van der Waals surface area contributed by atoms with Crippen LogP contribution in [-0.2, 0) is 9.53 Å². The molecule has 1 saturated carbocycles. The van der Waals surface area contributed by atoms with E-state index in [9.17, 15) is 4.79 Å². The quantitative estimate of drug-likeness (QED) is 0.429. The Bertz CT molecular complexity index is 259. The van der Waals surface area contributed by atoms with Gasteiger partial charge >= 0.3 is 0 Å². The largest absolute Gasteiger partial charge is 0.367 e. The van der Waals surface area contributed by atoms with E-state index in [1.807, 2.05) is 0 Å². The van der Waals surface area contributed by atoms with Crippen LogP contribution in [0.5, 0.6) is 0 Å². The van der Waals surface area contributed by atoms with Gasteiger partial charge in [-0.15, -0.1) is 0 Å². The summed E-state index contributed by atoms with van der Waals surface area (Å²) in [4.78, 5) is 11.0. The van der Waals surface area contributed by atoms with Crippen molar-refractivity contribution in [1.29, 1.82) is 0 Å².